The highest BCUT2D eigenvalue weighted by atomic mass is 16.2. The van der Waals surface area contributed by atoms with Crippen LogP contribution in [0.3, 0.4) is 0 Å². The fraction of sp³-hybridized carbons (Fsp3) is 0.600. The van der Waals surface area contributed by atoms with Crippen molar-refractivity contribution in [1.29, 1.82) is 0 Å². The molecule has 3 rings (SSSR count). The molecule has 1 amide bonds. The third kappa shape index (κ3) is 2.44. The normalized spacial score (nSPS) is 27.2. The molecular formula is C15H20N2O2. The predicted molar refractivity (Wildman–Crippen MR) is 72.8 cm³/mol. The molecule has 4 heteroatoms. The van der Waals surface area contributed by atoms with Crippen LogP contribution in [0.2, 0.25) is 0 Å². The summed E-state index contributed by atoms with van der Waals surface area (Å²) in [4.78, 5) is 25.8. The molecule has 2 atom stereocenters. The van der Waals surface area contributed by atoms with Crippen LogP contribution in [0.15, 0.2) is 29.2 Å². The van der Waals surface area contributed by atoms with Crippen molar-refractivity contribution in [2.45, 2.75) is 44.7 Å². The number of piperidine rings is 2. The van der Waals surface area contributed by atoms with Crippen LogP contribution in [0.25, 0.3) is 0 Å². The molecular weight excluding hydrogens is 240 g/mol. The first kappa shape index (κ1) is 12.5. The van der Waals surface area contributed by atoms with Crippen LogP contribution in [0.4, 0.5) is 0 Å². The predicted octanol–water partition coefficient (Wildman–Crippen LogP) is 1.64. The van der Waals surface area contributed by atoms with Gasteiger partial charge in [0.25, 0.3) is 5.56 Å². The molecule has 0 aliphatic carbocycles. The van der Waals surface area contributed by atoms with E-state index in [2.05, 4.69) is 4.90 Å². The summed E-state index contributed by atoms with van der Waals surface area (Å²) in [5.74, 6) is 0.736. The van der Waals surface area contributed by atoms with E-state index in [1.54, 1.807) is 16.7 Å². The number of hydrogen-bond donors (Lipinski definition) is 0. The maximum atomic E-state index is 12.0. The summed E-state index contributed by atoms with van der Waals surface area (Å²) >= 11 is 0. The van der Waals surface area contributed by atoms with Crippen molar-refractivity contribution >= 4 is 5.91 Å². The molecule has 2 aliphatic rings. The number of amides is 1. The maximum Gasteiger partial charge on any atom is 0.250 e. The van der Waals surface area contributed by atoms with Crippen molar-refractivity contribution in [3.05, 3.63) is 34.7 Å². The van der Waals surface area contributed by atoms with Gasteiger partial charge in [0.15, 0.2) is 0 Å². The van der Waals surface area contributed by atoms with E-state index in [9.17, 15) is 9.59 Å². The minimum absolute atomic E-state index is 0.0572. The Morgan fingerprint density at radius 1 is 1.16 bits per heavy atom. The third-order valence-corrected chi connectivity index (χ3v) is 4.47. The van der Waals surface area contributed by atoms with Gasteiger partial charge >= 0.3 is 0 Å². The van der Waals surface area contributed by atoms with Crippen LogP contribution in [-0.4, -0.2) is 28.0 Å². The van der Waals surface area contributed by atoms with Crippen molar-refractivity contribution in [2.24, 2.45) is 5.92 Å². The number of nitrogens with zero attached hydrogens (tertiary/aromatic N) is 2. The standard InChI is InChI=1S/C15H20N2O2/c18-14-6-2-3-9-16(14)11-12-7-8-15(19)17-10-4-1-5-13(12)17/h2-3,6,9,12-13H,1,4-5,7-8,10-11H2/t12-,13-/m0/s1. The molecule has 2 aliphatic heterocycles. The molecule has 1 aromatic heterocycles. The summed E-state index contributed by atoms with van der Waals surface area (Å²) in [7, 11) is 0. The fourth-order valence-corrected chi connectivity index (χ4v) is 3.48. The molecule has 4 nitrogen and oxygen atoms in total. The maximum absolute atomic E-state index is 12.0. The van der Waals surface area contributed by atoms with Crippen LogP contribution >= 0.6 is 0 Å². The van der Waals surface area contributed by atoms with Crippen LogP contribution in [0.1, 0.15) is 32.1 Å². The summed E-state index contributed by atoms with van der Waals surface area (Å²) in [6.45, 7) is 1.65. The molecule has 2 saturated heterocycles. The van der Waals surface area contributed by atoms with Gasteiger partial charge in [-0.3, -0.25) is 9.59 Å². The lowest BCUT2D eigenvalue weighted by Crippen LogP contribution is -2.52. The number of pyridine rings is 1. The van der Waals surface area contributed by atoms with Gasteiger partial charge in [0.05, 0.1) is 0 Å². The molecule has 19 heavy (non-hydrogen) atoms. The molecule has 0 spiro atoms. The van der Waals surface area contributed by atoms with Gasteiger partial charge in [-0.2, -0.15) is 0 Å². The van der Waals surface area contributed by atoms with Gasteiger partial charge in [0, 0.05) is 37.8 Å². The lowest BCUT2D eigenvalue weighted by molar-refractivity contribution is -0.141. The Labute approximate surface area is 113 Å². The Hall–Kier alpha value is -1.58. The quantitative estimate of drug-likeness (QED) is 0.811. The van der Waals surface area contributed by atoms with Crippen molar-refractivity contribution in [2.75, 3.05) is 6.54 Å². The van der Waals surface area contributed by atoms with E-state index in [1.165, 1.54) is 6.42 Å². The molecule has 0 bridgehead atoms. The van der Waals surface area contributed by atoms with E-state index < -0.39 is 0 Å². The highest BCUT2D eigenvalue weighted by Crippen LogP contribution is 2.32. The van der Waals surface area contributed by atoms with E-state index in [0.717, 1.165) is 32.4 Å². The molecule has 3 heterocycles. The number of carbonyl (C=O) groups is 1. The molecule has 2 fully saturated rings. The van der Waals surface area contributed by atoms with Gasteiger partial charge in [-0.1, -0.05) is 6.07 Å². The number of hydrogen-bond acceptors (Lipinski definition) is 2. The summed E-state index contributed by atoms with van der Waals surface area (Å²) in [5, 5.41) is 0. The Bertz CT molecular complexity index is 523. The van der Waals surface area contributed by atoms with Crippen LogP contribution in [0, 0.1) is 5.92 Å². The SMILES string of the molecule is O=C1CC[C@@H](Cn2ccccc2=O)[C@@H]2CCCCN12. The van der Waals surface area contributed by atoms with Gasteiger partial charge < -0.3 is 9.47 Å². The summed E-state index contributed by atoms with van der Waals surface area (Å²) in [5.41, 5.74) is 0.0572. The minimum atomic E-state index is 0.0572. The molecule has 0 radical (unpaired) electrons. The monoisotopic (exact) mass is 260 g/mol. The first-order valence-electron chi connectivity index (χ1n) is 7.20. The van der Waals surface area contributed by atoms with E-state index >= 15 is 0 Å². The number of aromatic nitrogens is 1. The first-order valence-corrected chi connectivity index (χ1v) is 7.20. The average molecular weight is 260 g/mol. The minimum Gasteiger partial charge on any atom is -0.339 e. The zero-order chi connectivity index (χ0) is 13.2. The lowest BCUT2D eigenvalue weighted by Gasteiger charge is -2.44. The van der Waals surface area contributed by atoms with Crippen LogP contribution in [-0.2, 0) is 11.3 Å². The van der Waals surface area contributed by atoms with Crippen molar-refractivity contribution in [1.82, 2.24) is 9.47 Å². The number of fused-ring (bicyclic) bond motifs is 1. The Kier molecular flexibility index (Phi) is 3.40. The summed E-state index contributed by atoms with van der Waals surface area (Å²) in [6, 6.07) is 5.62. The highest BCUT2D eigenvalue weighted by Gasteiger charge is 2.36. The Balaban J connectivity index is 1.79. The molecule has 1 aromatic rings. The summed E-state index contributed by atoms with van der Waals surface area (Å²) in [6.07, 6.45) is 6.84. The Morgan fingerprint density at radius 3 is 2.89 bits per heavy atom. The second-order valence-electron chi connectivity index (χ2n) is 5.64. The van der Waals surface area contributed by atoms with Gasteiger partial charge in [-0.25, -0.2) is 0 Å². The Morgan fingerprint density at radius 2 is 2.05 bits per heavy atom. The highest BCUT2D eigenvalue weighted by molar-refractivity contribution is 5.77. The number of carbonyl (C=O) groups excluding carboxylic acids is 1. The lowest BCUT2D eigenvalue weighted by atomic mass is 9.83. The van der Waals surface area contributed by atoms with Gasteiger partial charge in [0.1, 0.15) is 0 Å². The second kappa shape index (κ2) is 5.19. The second-order valence-corrected chi connectivity index (χ2v) is 5.64. The van der Waals surface area contributed by atoms with E-state index in [1.807, 2.05) is 12.3 Å². The molecule has 0 saturated carbocycles. The molecule has 102 valence electrons. The average Bonchev–Trinajstić information content (AvgIpc) is 2.44. The van der Waals surface area contributed by atoms with E-state index in [4.69, 9.17) is 0 Å². The zero-order valence-electron chi connectivity index (χ0n) is 11.1. The van der Waals surface area contributed by atoms with Crippen LogP contribution in [0.5, 0.6) is 0 Å². The summed E-state index contributed by atoms with van der Waals surface area (Å²) < 4.78 is 1.78. The third-order valence-electron chi connectivity index (χ3n) is 4.47. The molecule has 0 N–H and O–H groups in total. The molecule has 0 unspecified atom stereocenters. The smallest absolute Gasteiger partial charge is 0.250 e. The van der Waals surface area contributed by atoms with Crippen molar-refractivity contribution in [3.63, 3.8) is 0 Å². The number of rotatable bonds is 2. The first-order chi connectivity index (χ1) is 9.25. The van der Waals surface area contributed by atoms with E-state index in [-0.39, 0.29) is 5.56 Å². The van der Waals surface area contributed by atoms with E-state index in [0.29, 0.717) is 24.3 Å². The van der Waals surface area contributed by atoms with Crippen molar-refractivity contribution < 1.29 is 4.79 Å². The fourth-order valence-electron chi connectivity index (χ4n) is 3.48. The van der Waals surface area contributed by atoms with Crippen LogP contribution < -0.4 is 5.56 Å². The largest absolute Gasteiger partial charge is 0.339 e. The zero-order valence-corrected chi connectivity index (χ0v) is 11.1. The topological polar surface area (TPSA) is 42.3 Å². The van der Waals surface area contributed by atoms with Gasteiger partial charge in [-0.15, -0.1) is 0 Å². The van der Waals surface area contributed by atoms with Gasteiger partial charge in [0.2, 0.25) is 5.91 Å². The van der Waals surface area contributed by atoms with Gasteiger partial charge in [-0.05, 0) is 37.7 Å². The van der Waals surface area contributed by atoms with Crippen molar-refractivity contribution in [3.8, 4) is 0 Å². The molecule has 0 aromatic carbocycles.